The second kappa shape index (κ2) is 7.78. The second-order valence-electron chi connectivity index (χ2n) is 6.26. The standard InChI is InChI=1S/C16H27NOS/c1-5-6-7-8-9-10-13(18)11-15-17-14(12-19-15)16(2,3)4/h12H,5-11H2,1-4H3. The summed E-state index contributed by atoms with van der Waals surface area (Å²) in [5.74, 6) is 0.339. The molecule has 0 aliphatic carbocycles. The molecule has 0 aliphatic heterocycles. The lowest BCUT2D eigenvalue weighted by molar-refractivity contribution is -0.118. The quantitative estimate of drug-likeness (QED) is 0.633. The molecule has 1 rings (SSSR count). The topological polar surface area (TPSA) is 30.0 Å². The molecule has 1 aromatic heterocycles. The molecule has 2 nitrogen and oxygen atoms in total. The van der Waals surface area contributed by atoms with Gasteiger partial charge in [-0.2, -0.15) is 0 Å². The maximum absolute atomic E-state index is 11.9. The Morgan fingerprint density at radius 1 is 1.21 bits per heavy atom. The van der Waals surface area contributed by atoms with E-state index in [0.717, 1.165) is 17.1 Å². The highest BCUT2D eigenvalue weighted by Gasteiger charge is 2.18. The van der Waals surface area contributed by atoms with Gasteiger partial charge in [0.1, 0.15) is 10.8 Å². The Hall–Kier alpha value is -0.700. The summed E-state index contributed by atoms with van der Waals surface area (Å²) in [7, 11) is 0. The minimum Gasteiger partial charge on any atom is -0.299 e. The fourth-order valence-electron chi connectivity index (χ4n) is 1.92. The van der Waals surface area contributed by atoms with Crippen molar-refractivity contribution >= 4 is 17.1 Å². The zero-order valence-corrected chi connectivity index (χ0v) is 13.6. The van der Waals surface area contributed by atoms with Crippen LogP contribution in [0.15, 0.2) is 5.38 Å². The van der Waals surface area contributed by atoms with Crippen molar-refractivity contribution in [3.05, 3.63) is 16.1 Å². The van der Waals surface area contributed by atoms with E-state index in [0.29, 0.717) is 18.6 Å². The summed E-state index contributed by atoms with van der Waals surface area (Å²) in [6.07, 6.45) is 7.26. The molecule has 108 valence electrons. The fourth-order valence-corrected chi connectivity index (χ4v) is 2.97. The molecule has 0 saturated heterocycles. The van der Waals surface area contributed by atoms with Gasteiger partial charge >= 0.3 is 0 Å². The normalized spacial score (nSPS) is 11.8. The molecule has 0 aliphatic rings. The van der Waals surface area contributed by atoms with E-state index in [9.17, 15) is 4.79 Å². The largest absolute Gasteiger partial charge is 0.299 e. The van der Waals surface area contributed by atoms with E-state index < -0.39 is 0 Å². The molecule has 0 saturated carbocycles. The van der Waals surface area contributed by atoms with Gasteiger partial charge in [0.2, 0.25) is 0 Å². The second-order valence-corrected chi connectivity index (χ2v) is 7.20. The number of carbonyl (C=O) groups is 1. The Balaban J connectivity index is 2.30. The third-order valence-corrected chi connectivity index (χ3v) is 4.08. The number of aromatic nitrogens is 1. The third-order valence-electron chi connectivity index (χ3n) is 3.23. The number of rotatable bonds is 8. The molecule has 0 atom stereocenters. The molecule has 0 N–H and O–H groups in total. The monoisotopic (exact) mass is 281 g/mol. The molecule has 0 amide bonds. The van der Waals surface area contributed by atoms with Crippen LogP contribution in [0.25, 0.3) is 0 Å². The molecule has 1 aromatic rings. The molecule has 0 aromatic carbocycles. The van der Waals surface area contributed by atoms with Gasteiger partial charge in [-0.05, 0) is 6.42 Å². The van der Waals surface area contributed by atoms with Gasteiger partial charge in [-0.3, -0.25) is 4.79 Å². The highest BCUT2D eigenvalue weighted by molar-refractivity contribution is 7.09. The smallest absolute Gasteiger partial charge is 0.139 e. The summed E-state index contributed by atoms with van der Waals surface area (Å²) >= 11 is 1.62. The molecular formula is C16H27NOS. The summed E-state index contributed by atoms with van der Waals surface area (Å²) in [5.41, 5.74) is 1.18. The third kappa shape index (κ3) is 6.33. The minimum atomic E-state index is 0.0813. The first-order chi connectivity index (χ1) is 8.93. The van der Waals surface area contributed by atoms with Crippen LogP contribution < -0.4 is 0 Å². The molecule has 1 heterocycles. The Morgan fingerprint density at radius 3 is 2.47 bits per heavy atom. The maximum Gasteiger partial charge on any atom is 0.139 e. The van der Waals surface area contributed by atoms with Crippen LogP contribution in [-0.2, 0) is 16.6 Å². The Labute approximate surface area is 121 Å². The zero-order chi connectivity index (χ0) is 14.3. The molecule has 0 spiro atoms. The van der Waals surface area contributed by atoms with Crippen molar-refractivity contribution in [1.82, 2.24) is 4.98 Å². The van der Waals surface area contributed by atoms with Crippen LogP contribution in [0.2, 0.25) is 0 Å². The van der Waals surface area contributed by atoms with Crippen molar-refractivity contribution in [3.63, 3.8) is 0 Å². The predicted octanol–water partition coefficient (Wildman–Crippen LogP) is 4.91. The van der Waals surface area contributed by atoms with E-state index in [-0.39, 0.29) is 5.41 Å². The summed E-state index contributed by atoms with van der Waals surface area (Å²) in [4.78, 5) is 16.4. The first-order valence-electron chi connectivity index (χ1n) is 7.40. The number of thiazole rings is 1. The van der Waals surface area contributed by atoms with Crippen LogP contribution in [0.1, 0.15) is 76.9 Å². The number of hydrogen-bond acceptors (Lipinski definition) is 3. The maximum atomic E-state index is 11.9. The van der Waals surface area contributed by atoms with E-state index >= 15 is 0 Å². The minimum absolute atomic E-state index is 0.0813. The number of Topliss-reactive ketones (excluding diaryl/α,β-unsaturated/α-hetero) is 1. The predicted molar refractivity (Wildman–Crippen MR) is 82.9 cm³/mol. The Kier molecular flexibility index (Phi) is 6.70. The van der Waals surface area contributed by atoms with Crippen LogP contribution in [0, 0.1) is 0 Å². The van der Waals surface area contributed by atoms with Gasteiger partial charge < -0.3 is 0 Å². The van der Waals surface area contributed by atoms with Gasteiger partial charge in [0.15, 0.2) is 0 Å². The van der Waals surface area contributed by atoms with E-state index in [1.165, 1.54) is 25.7 Å². The first kappa shape index (κ1) is 16.4. The van der Waals surface area contributed by atoms with Gasteiger partial charge in [0, 0.05) is 17.2 Å². The number of unbranched alkanes of at least 4 members (excludes halogenated alkanes) is 4. The zero-order valence-electron chi connectivity index (χ0n) is 12.8. The number of ketones is 1. The summed E-state index contributed by atoms with van der Waals surface area (Å²) < 4.78 is 0. The molecule has 0 unspecified atom stereocenters. The van der Waals surface area contributed by atoms with E-state index in [1.54, 1.807) is 11.3 Å². The summed E-state index contributed by atoms with van der Waals surface area (Å²) in [5, 5.41) is 3.06. The number of carbonyl (C=O) groups excluding carboxylic acids is 1. The molecule has 3 heteroatoms. The van der Waals surface area contributed by atoms with Gasteiger partial charge in [-0.25, -0.2) is 4.98 Å². The van der Waals surface area contributed by atoms with Crippen LogP contribution in [0.5, 0.6) is 0 Å². The van der Waals surface area contributed by atoms with Gasteiger partial charge in [-0.15, -0.1) is 11.3 Å². The highest BCUT2D eigenvalue weighted by atomic mass is 32.1. The molecular weight excluding hydrogens is 254 g/mol. The average Bonchev–Trinajstić information content (AvgIpc) is 2.77. The van der Waals surface area contributed by atoms with Crippen LogP contribution in [0.4, 0.5) is 0 Å². The highest BCUT2D eigenvalue weighted by Crippen LogP contribution is 2.24. The van der Waals surface area contributed by atoms with Crippen molar-refractivity contribution in [2.24, 2.45) is 0 Å². The molecule has 19 heavy (non-hydrogen) atoms. The van der Waals surface area contributed by atoms with Crippen molar-refractivity contribution < 1.29 is 4.79 Å². The lowest BCUT2D eigenvalue weighted by Gasteiger charge is -2.14. The van der Waals surface area contributed by atoms with Gasteiger partial charge in [0.25, 0.3) is 0 Å². The van der Waals surface area contributed by atoms with E-state index in [4.69, 9.17) is 0 Å². The van der Waals surface area contributed by atoms with Crippen molar-refractivity contribution in [2.45, 2.75) is 78.1 Å². The summed E-state index contributed by atoms with van der Waals surface area (Å²) in [6, 6.07) is 0. The summed E-state index contributed by atoms with van der Waals surface area (Å²) in [6.45, 7) is 8.67. The number of nitrogens with zero attached hydrogens (tertiary/aromatic N) is 1. The van der Waals surface area contributed by atoms with Crippen LogP contribution in [-0.4, -0.2) is 10.8 Å². The number of hydrogen-bond donors (Lipinski definition) is 0. The van der Waals surface area contributed by atoms with Crippen molar-refractivity contribution in [3.8, 4) is 0 Å². The average molecular weight is 281 g/mol. The van der Waals surface area contributed by atoms with Crippen LogP contribution in [0.3, 0.4) is 0 Å². The van der Waals surface area contributed by atoms with Crippen LogP contribution >= 0.6 is 11.3 Å². The van der Waals surface area contributed by atoms with E-state index in [1.807, 2.05) is 0 Å². The van der Waals surface area contributed by atoms with E-state index in [2.05, 4.69) is 38.1 Å². The van der Waals surface area contributed by atoms with Gasteiger partial charge in [0.05, 0.1) is 12.1 Å². The lowest BCUT2D eigenvalue weighted by Crippen LogP contribution is -2.12. The van der Waals surface area contributed by atoms with Crippen molar-refractivity contribution in [1.29, 1.82) is 0 Å². The first-order valence-corrected chi connectivity index (χ1v) is 8.28. The Morgan fingerprint density at radius 2 is 1.89 bits per heavy atom. The van der Waals surface area contributed by atoms with Crippen molar-refractivity contribution in [2.75, 3.05) is 0 Å². The lowest BCUT2D eigenvalue weighted by atomic mass is 9.93. The SMILES string of the molecule is CCCCCCCC(=O)Cc1nc(C(C)(C)C)cs1. The molecule has 0 radical (unpaired) electrons. The molecule has 0 fully saturated rings. The molecule has 0 bridgehead atoms. The Bertz CT molecular complexity index is 390. The van der Waals surface area contributed by atoms with Gasteiger partial charge in [-0.1, -0.05) is 53.4 Å². The fraction of sp³-hybridized carbons (Fsp3) is 0.750.